The Morgan fingerprint density at radius 2 is 2.24 bits per heavy atom. The number of amides is 1. The van der Waals surface area contributed by atoms with E-state index in [1.807, 2.05) is 0 Å². The molecule has 0 unspecified atom stereocenters. The Bertz CT molecular complexity index is 680. The zero-order chi connectivity index (χ0) is 17.6. The lowest BCUT2D eigenvalue weighted by Crippen LogP contribution is -2.39. The number of hydrogen-bond acceptors (Lipinski definition) is 2. The van der Waals surface area contributed by atoms with Crippen molar-refractivity contribution < 1.29 is 9.18 Å². The molecule has 0 spiro atoms. The molecule has 0 fully saturated rings. The summed E-state index contributed by atoms with van der Waals surface area (Å²) in [6.07, 6.45) is 12.6. The molecule has 2 aliphatic rings. The van der Waals surface area contributed by atoms with Crippen LogP contribution in [0.1, 0.15) is 48.0 Å². The van der Waals surface area contributed by atoms with Gasteiger partial charge >= 0.3 is 0 Å². The number of rotatable bonds is 5. The molecule has 134 valence electrons. The molecule has 1 aromatic carbocycles. The van der Waals surface area contributed by atoms with E-state index in [0.717, 1.165) is 25.9 Å². The van der Waals surface area contributed by atoms with Crippen LogP contribution >= 0.6 is 0 Å². The molecule has 4 heteroatoms. The van der Waals surface area contributed by atoms with Crippen LogP contribution in [0, 0.1) is 12.7 Å². The summed E-state index contributed by atoms with van der Waals surface area (Å²) < 4.78 is 13.6. The fourth-order valence-corrected chi connectivity index (χ4v) is 3.57. The van der Waals surface area contributed by atoms with Gasteiger partial charge in [-0.15, -0.1) is 0 Å². The zero-order valence-electron chi connectivity index (χ0n) is 14.9. The number of nitrogens with one attached hydrogen (secondary N) is 1. The molecule has 0 saturated heterocycles. The topological polar surface area (TPSA) is 32.3 Å². The summed E-state index contributed by atoms with van der Waals surface area (Å²) in [6, 6.07) is 5.19. The fraction of sp³-hybridized carbons (Fsp3) is 0.476. The predicted molar refractivity (Wildman–Crippen MR) is 99.1 cm³/mol. The summed E-state index contributed by atoms with van der Waals surface area (Å²) in [5.41, 5.74) is 2.33. The van der Waals surface area contributed by atoms with Crippen LogP contribution in [0.15, 0.2) is 42.0 Å². The molecule has 25 heavy (non-hydrogen) atoms. The quantitative estimate of drug-likeness (QED) is 0.821. The molecule has 3 rings (SSSR count). The maximum absolute atomic E-state index is 13.6. The van der Waals surface area contributed by atoms with E-state index in [2.05, 4.69) is 28.4 Å². The van der Waals surface area contributed by atoms with Crippen LogP contribution in [0.5, 0.6) is 0 Å². The van der Waals surface area contributed by atoms with Crippen molar-refractivity contribution in [2.45, 2.75) is 45.1 Å². The van der Waals surface area contributed by atoms with E-state index in [4.69, 9.17) is 0 Å². The van der Waals surface area contributed by atoms with Crippen molar-refractivity contribution in [3.63, 3.8) is 0 Å². The zero-order valence-corrected chi connectivity index (χ0v) is 14.9. The lowest BCUT2D eigenvalue weighted by Gasteiger charge is -2.34. The predicted octanol–water partition coefficient (Wildman–Crippen LogP) is 3.99. The minimum absolute atomic E-state index is 0.206. The van der Waals surface area contributed by atoms with Crippen LogP contribution in [0.3, 0.4) is 0 Å². The highest BCUT2D eigenvalue weighted by atomic mass is 19.1. The average Bonchev–Trinajstić information content (AvgIpc) is 2.65. The van der Waals surface area contributed by atoms with Crippen LogP contribution < -0.4 is 5.32 Å². The van der Waals surface area contributed by atoms with Gasteiger partial charge < -0.3 is 5.32 Å². The minimum Gasteiger partial charge on any atom is -0.352 e. The van der Waals surface area contributed by atoms with E-state index in [1.54, 1.807) is 19.1 Å². The number of allylic oxidation sites excluding steroid dienone is 1. The molecule has 1 N–H and O–H groups in total. The van der Waals surface area contributed by atoms with Crippen molar-refractivity contribution >= 4 is 5.91 Å². The Hall–Kier alpha value is -1.94. The Balaban J connectivity index is 1.47. The van der Waals surface area contributed by atoms with Gasteiger partial charge in [0.25, 0.3) is 5.91 Å². The molecule has 0 radical (unpaired) electrons. The molecule has 0 saturated carbocycles. The first kappa shape index (κ1) is 17.9. The highest BCUT2D eigenvalue weighted by Gasteiger charge is 2.20. The van der Waals surface area contributed by atoms with Gasteiger partial charge in [0.05, 0.1) is 0 Å². The van der Waals surface area contributed by atoms with Gasteiger partial charge in [-0.2, -0.15) is 0 Å². The minimum atomic E-state index is -0.334. The number of carbonyl (C=O) groups is 1. The number of carbonyl (C=O) groups excluding carboxylic acids is 1. The summed E-state index contributed by atoms with van der Waals surface area (Å²) in [6.45, 7) is 4.39. The lowest BCUT2D eigenvalue weighted by molar-refractivity contribution is 0.0953. The second-order valence-corrected chi connectivity index (χ2v) is 7.02. The van der Waals surface area contributed by atoms with Gasteiger partial charge in [-0.05, 0) is 56.7 Å². The van der Waals surface area contributed by atoms with E-state index in [1.165, 1.54) is 30.9 Å². The molecule has 1 aliphatic carbocycles. The van der Waals surface area contributed by atoms with Crippen molar-refractivity contribution in [3.05, 3.63) is 58.9 Å². The first-order chi connectivity index (χ1) is 12.1. The Morgan fingerprint density at radius 3 is 3.00 bits per heavy atom. The summed E-state index contributed by atoms with van der Waals surface area (Å²) in [5.74, 6) is -0.541. The monoisotopic (exact) mass is 342 g/mol. The van der Waals surface area contributed by atoms with Crippen LogP contribution in [0.25, 0.3) is 0 Å². The highest BCUT2D eigenvalue weighted by molar-refractivity contribution is 5.94. The molecule has 1 amide bonds. The van der Waals surface area contributed by atoms with Crippen LogP contribution in [0.4, 0.5) is 4.39 Å². The van der Waals surface area contributed by atoms with E-state index in [-0.39, 0.29) is 11.7 Å². The van der Waals surface area contributed by atoms with Gasteiger partial charge in [0.15, 0.2) is 0 Å². The standard InChI is InChI=1S/C21H27FN2O/c1-16-9-10-18(14-20(16)22)21(25)23-12-11-17-6-5-13-24(15-17)19-7-3-2-4-8-19/h3,6-7,9-10,14,19H,2,4-5,8,11-13,15H2,1H3,(H,23,25)/t19-/m0/s1. The number of benzene rings is 1. The van der Waals surface area contributed by atoms with Crippen molar-refractivity contribution in [1.29, 1.82) is 0 Å². The second kappa shape index (κ2) is 8.43. The fourth-order valence-electron chi connectivity index (χ4n) is 3.57. The van der Waals surface area contributed by atoms with Crippen molar-refractivity contribution in [3.8, 4) is 0 Å². The summed E-state index contributed by atoms with van der Waals surface area (Å²) in [4.78, 5) is 14.7. The molecular formula is C21H27FN2O. The number of hydrogen-bond donors (Lipinski definition) is 1. The Kier molecular flexibility index (Phi) is 6.03. The van der Waals surface area contributed by atoms with Crippen molar-refractivity contribution in [2.75, 3.05) is 19.6 Å². The van der Waals surface area contributed by atoms with Crippen LogP contribution in [-0.2, 0) is 0 Å². The lowest BCUT2D eigenvalue weighted by atomic mass is 9.98. The Labute approximate surface area is 149 Å². The first-order valence-electron chi connectivity index (χ1n) is 9.26. The van der Waals surface area contributed by atoms with Gasteiger partial charge in [0.1, 0.15) is 5.82 Å². The summed E-state index contributed by atoms with van der Waals surface area (Å²) in [7, 11) is 0. The van der Waals surface area contributed by atoms with Crippen LogP contribution in [-0.4, -0.2) is 36.5 Å². The number of aryl methyl sites for hydroxylation is 1. The van der Waals surface area contributed by atoms with Gasteiger partial charge in [0, 0.05) is 31.2 Å². The molecule has 0 aromatic heterocycles. The van der Waals surface area contributed by atoms with Crippen molar-refractivity contribution in [2.24, 2.45) is 0 Å². The molecule has 0 bridgehead atoms. The maximum Gasteiger partial charge on any atom is 0.251 e. The van der Waals surface area contributed by atoms with E-state index >= 15 is 0 Å². The molecule has 1 aromatic rings. The van der Waals surface area contributed by atoms with Gasteiger partial charge in [0.2, 0.25) is 0 Å². The van der Waals surface area contributed by atoms with Gasteiger partial charge in [-0.1, -0.05) is 29.9 Å². The smallest absolute Gasteiger partial charge is 0.251 e. The van der Waals surface area contributed by atoms with Gasteiger partial charge in [-0.3, -0.25) is 9.69 Å². The third kappa shape index (κ3) is 4.79. The van der Waals surface area contributed by atoms with Crippen LogP contribution in [0.2, 0.25) is 0 Å². The largest absolute Gasteiger partial charge is 0.352 e. The number of nitrogens with zero attached hydrogens (tertiary/aromatic N) is 1. The molecule has 1 atom stereocenters. The summed E-state index contributed by atoms with van der Waals surface area (Å²) in [5, 5.41) is 2.91. The maximum atomic E-state index is 13.6. The van der Waals surface area contributed by atoms with E-state index in [9.17, 15) is 9.18 Å². The van der Waals surface area contributed by atoms with E-state index < -0.39 is 0 Å². The highest BCUT2D eigenvalue weighted by Crippen LogP contribution is 2.21. The second-order valence-electron chi connectivity index (χ2n) is 7.02. The number of halogens is 1. The normalized spacial score (nSPS) is 21.0. The van der Waals surface area contributed by atoms with E-state index in [0.29, 0.717) is 23.7 Å². The van der Waals surface area contributed by atoms with Crippen molar-refractivity contribution in [1.82, 2.24) is 10.2 Å². The third-order valence-corrected chi connectivity index (χ3v) is 5.12. The summed E-state index contributed by atoms with van der Waals surface area (Å²) >= 11 is 0. The third-order valence-electron chi connectivity index (χ3n) is 5.12. The molecular weight excluding hydrogens is 315 g/mol. The Morgan fingerprint density at radius 1 is 1.36 bits per heavy atom. The molecule has 1 aliphatic heterocycles. The SMILES string of the molecule is Cc1ccc(C(=O)NCCC2=CCCN([C@H]3C=CCCC3)C2)cc1F. The first-order valence-corrected chi connectivity index (χ1v) is 9.26. The molecule has 3 nitrogen and oxygen atoms in total. The average molecular weight is 342 g/mol. The van der Waals surface area contributed by atoms with Gasteiger partial charge in [-0.25, -0.2) is 4.39 Å². The molecule has 1 heterocycles.